The van der Waals surface area contributed by atoms with E-state index in [1.54, 1.807) is 12.1 Å². The second-order valence-corrected chi connectivity index (χ2v) is 5.59. The molecular weight excluding hydrogens is 298 g/mol. The summed E-state index contributed by atoms with van der Waals surface area (Å²) in [6.45, 7) is 0. The number of fused-ring (bicyclic) bond motifs is 2. The van der Waals surface area contributed by atoms with Gasteiger partial charge in [0, 0.05) is 12.0 Å². The highest BCUT2D eigenvalue weighted by molar-refractivity contribution is 6.21. The summed E-state index contributed by atoms with van der Waals surface area (Å²) < 4.78 is 5.40. The summed E-state index contributed by atoms with van der Waals surface area (Å²) >= 11 is 0. The molecule has 6 nitrogen and oxygen atoms in total. The standard InChI is InChI=1S/C17H13NO5/c19-15-11-6-1-2-7-12(11)16(20)18(15)23-17(21)13-9-22-14-8-4-3-5-10(13)14/h1-2,6-7,9H,3-5,8H2. The molecule has 0 unspecified atom stereocenters. The molecule has 1 aliphatic carbocycles. The van der Waals surface area contributed by atoms with E-state index in [0.717, 1.165) is 37.0 Å². The molecule has 0 radical (unpaired) electrons. The van der Waals surface area contributed by atoms with E-state index in [2.05, 4.69) is 0 Å². The number of furan rings is 1. The van der Waals surface area contributed by atoms with Crippen LogP contribution in [0.3, 0.4) is 0 Å². The zero-order valence-electron chi connectivity index (χ0n) is 12.2. The van der Waals surface area contributed by atoms with Crippen molar-refractivity contribution in [3.8, 4) is 0 Å². The second-order valence-electron chi connectivity index (χ2n) is 5.59. The maximum Gasteiger partial charge on any atom is 0.367 e. The Hall–Kier alpha value is -2.89. The molecule has 0 fully saturated rings. The zero-order chi connectivity index (χ0) is 16.0. The van der Waals surface area contributed by atoms with Gasteiger partial charge in [-0.25, -0.2) is 4.79 Å². The van der Waals surface area contributed by atoms with Crippen molar-refractivity contribution in [3.63, 3.8) is 0 Å². The van der Waals surface area contributed by atoms with Crippen LogP contribution in [0.25, 0.3) is 0 Å². The normalized spacial score (nSPS) is 16.3. The Morgan fingerprint density at radius 3 is 2.39 bits per heavy atom. The van der Waals surface area contributed by atoms with Crippen molar-refractivity contribution in [3.05, 3.63) is 58.5 Å². The molecule has 6 heteroatoms. The van der Waals surface area contributed by atoms with E-state index in [0.29, 0.717) is 5.06 Å². The second kappa shape index (κ2) is 5.08. The Morgan fingerprint density at radius 1 is 1.04 bits per heavy atom. The van der Waals surface area contributed by atoms with Crippen molar-refractivity contribution in [1.82, 2.24) is 5.06 Å². The predicted octanol–water partition coefficient (Wildman–Crippen LogP) is 2.53. The Kier molecular flexibility index (Phi) is 3.04. The topological polar surface area (TPSA) is 76.8 Å². The van der Waals surface area contributed by atoms with Crippen molar-refractivity contribution in [2.75, 3.05) is 0 Å². The van der Waals surface area contributed by atoms with E-state index in [9.17, 15) is 14.4 Å². The lowest BCUT2D eigenvalue weighted by atomic mass is 9.95. The molecule has 1 aliphatic heterocycles. The molecule has 1 aromatic carbocycles. The van der Waals surface area contributed by atoms with Gasteiger partial charge in [0.1, 0.15) is 17.6 Å². The number of rotatable bonds is 2. The first-order chi connectivity index (χ1) is 11.2. The maximum absolute atomic E-state index is 12.3. The molecule has 0 bridgehead atoms. The van der Waals surface area contributed by atoms with Crippen LogP contribution < -0.4 is 0 Å². The highest BCUT2D eigenvalue weighted by Crippen LogP contribution is 2.28. The van der Waals surface area contributed by atoms with Crippen molar-refractivity contribution >= 4 is 17.8 Å². The fourth-order valence-corrected chi connectivity index (χ4v) is 3.05. The van der Waals surface area contributed by atoms with Gasteiger partial charge in [0.25, 0.3) is 11.8 Å². The number of aryl methyl sites for hydroxylation is 1. The molecule has 2 amide bonds. The molecule has 0 atom stereocenters. The number of hydroxylamine groups is 2. The molecule has 2 aliphatic rings. The van der Waals surface area contributed by atoms with Crippen LogP contribution in [0.5, 0.6) is 0 Å². The maximum atomic E-state index is 12.3. The number of benzene rings is 1. The smallest absolute Gasteiger partial charge is 0.367 e. The lowest BCUT2D eigenvalue weighted by Crippen LogP contribution is -2.32. The summed E-state index contributed by atoms with van der Waals surface area (Å²) in [5.74, 6) is -1.22. The van der Waals surface area contributed by atoms with Crippen LogP contribution in [-0.2, 0) is 17.7 Å². The van der Waals surface area contributed by atoms with Crippen molar-refractivity contribution in [2.24, 2.45) is 0 Å². The minimum Gasteiger partial charge on any atom is -0.468 e. The Balaban J connectivity index is 1.60. The monoisotopic (exact) mass is 311 g/mol. The molecule has 0 N–H and O–H groups in total. The first-order valence-electron chi connectivity index (χ1n) is 7.46. The Morgan fingerprint density at radius 2 is 1.70 bits per heavy atom. The zero-order valence-corrected chi connectivity index (χ0v) is 12.2. The third-order valence-electron chi connectivity index (χ3n) is 4.21. The molecule has 0 saturated carbocycles. The minimum atomic E-state index is -0.744. The van der Waals surface area contributed by atoms with Gasteiger partial charge in [-0.1, -0.05) is 17.2 Å². The molecule has 1 aromatic heterocycles. The van der Waals surface area contributed by atoms with Crippen molar-refractivity contribution < 1.29 is 23.6 Å². The third-order valence-corrected chi connectivity index (χ3v) is 4.21. The SMILES string of the molecule is O=C(ON1C(=O)c2ccccc2C1=O)c1coc2c1CCCC2. The fraction of sp³-hybridized carbons (Fsp3) is 0.235. The lowest BCUT2D eigenvalue weighted by Gasteiger charge is -2.14. The van der Waals surface area contributed by atoms with Crippen LogP contribution in [0, 0.1) is 0 Å². The van der Waals surface area contributed by atoms with Crippen LogP contribution in [0.4, 0.5) is 0 Å². The summed E-state index contributed by atoms with van der Waals surface area (Å²) in [6, 6.07) is 6.37. The first kappa shape index (κ1) is 13.8. The highest BCUT2D eigenvalue weighted by Gasteiger charge is 2.39. The van der Waals surface area contributed by atoms with E-state index in [4.69, 9.17) is 9.25 Å². The van der Waals surface area contributed by atoms with E-state index < -0.39 is 17.8 Å². The molecule has 116 valence electrons. The van der Waals surface area contributed by atoms with Crippen LogP contribution in [-0.4, -0.2) is 22.8 Å². The average Bonchev–Trinajstić information content (AvgIpc) is 3.11. The van der Waals surface area contributed by atoms with E-state index in [1.807, 2.05) is 0 Å². The van der Waals surface area contributed by atoms with Crippen LogP contribution in [0.15, 0.2) is 34.9 Å². The number of nitrogens with zero attached hydrogens (tertiary/aromatic N) is 1. The number of carbonyl (C=O) groups excluding carboxylic acids is 3. The summed E-state index contributed by atoms with van der Waals surface area (Å²) in [5, 5.41) is 0.523. The van der Waals surface area contributed by atoms with Gasteiger partial charge in [-0.15, -0.1) is 0 Å². The summed E-state index contributed by atoms with van der Waals surface area (Å²) in [6.07, 6.45) is 4.86. The first-order valence-corrected chi connectivity index (χ1v) is 7.46. The molecule has 23 heavy (non-hydrogen) atoms. The molecule has 2 heterocycles. The number of hydrogen-bond donors (Lipinski definition) is 0. The van der Waals surface area contributed by atoms with Crippen molar-refractivity contribution in [2.45, 2.75) is 25.7 Å². The van der Waals surface area contributed by atoms with Gasteiger partial charge < -0.3 is 9.25 Å². The quantitative estimate of drug-likeness (QED) is 0.797. The van der Waals surface area contributed by atoms with E-state index >= 15 is 0 Å². The molecule has 0 spiro atoms. The third kappa shape index (κ3) is 2.06. The Labute approximate surface area is 131 Å². The van der Waals surface area contributed by atoms with Crippen LogP contribution in [0.1, 0.15) is 55.2 Å². The molecule has 2 aromatic rings. The van der Waals surface area contributed by atoms with E-state index in [1.165, 1.54) is 18.4 Å². The fourth-order valence-electron chi connectivity index (χ4n) is 3.05. The molecule has 4 rings (SSSR count). The summed E-state index contributed by atoms with van der Waals surface area (Å²) in [4.78, 5) is 41.8. The number of hydrogen-bond acceptors (Lipinski definition) is 5. The summed E-state index contributed by atoms with van der Waals surface area (Å²) in [7, 11) is 0. The van der Waals surface area contributed by atoms with Gasteiger partial charge in [-0.2, -0.15) is 0 Å². The van der Waals surface area contributed by atoms with Crippen LogP contribution in [0.2, 0.25) is 0 Å². The average molecular weight is 311 g/mol. The van der Waals surface area contributed by atoms with Gasteiger partial charge >= 0.3 is 5.97 Å². The largest absolute Gasteiger partial charge is 0.468 e. The van der Waals surface area contributed by atoms with Gasteiger partial charge in [0.2, 0.25) is 0 Å². The van der Waals surface area contributed by atoms with Gasteiger partial charge in [0.05, 0.1) is 11.1 Å². The summed E-state index contributed by atoms with van der Waals surface area (Å²) in [5.41, 5.74) is 1.58. The van der Waals surface area contributed by atoms with Crippen molar-refractivity contribution in [1.29, 1.82) is 0 Å². The van der Waals surface area contributed by atoms with Gasteiger partial charge in [-0.3, -0.25) is 9.59 Å². The minimum absolute atomic E-state index is 0.236. The lowest BCUT2D eigenvalue weighted by molar-refractivity contribution is -0.0585. The van der Waals surface area contributed by atoms with E-state index in [-0.39, 0.29) is 16.7 Å². The predicted molar refractivity (Wildman–Crippen MR) is 77.7 cm³/mol. The van der Waals surface area contributed by atoms with Gasteiger partial charge in [-0.05, 0) is 31.4 Å². The Bertz CT molecular complexity index is 800. The highest BCUT2D eigenvalue weighted by atomic mass is 16.7. The molecule has 0 saturated heterocycles. The van der Waals surface area contributed by atoms with Gasteiger partial charge in [0.15, 0.2) is 0 Å². The number of carbonyl (C=O) groups is 3. The molecular formula is C17H13NO5. The number of amides is 2. The number of imide groups is 1. The van der Waals surface area contributed by atoms with Crippen LogP contribution >= 0.6 is 0 Å².